The molecule has 0 radical (unpaired) electrons. The molecule has 1 aromatic carbocycles. The Hall–Kier alpha value is -1.61. The Kier molecular flexibility index (Phi) is 2.07. The van der Waals surface area contributed by atoms with Crippen molar-refractivity contribution in [1.82, 2.24) is 4.98 Å². The van der Waals surface area contributed by atoms with Gasteiger partial charge in [0.2, 0.25) is 0 Å². The first kappa shape index (κ1) is 9.60. The molecule has 2 heterocycles. The molecule has 0 N–H and O–H groups in total. The summed E-state index contributed by atoms with van der Waals surface area (Å²) in [6.45, 7) is 2.05. The van der Waals surface area contributed by atoms with Crippen molar-refractivity contribution in [3.05, 3.63) is 36.2 Å². The molecule has 16 heavy (non-hydrogen) atoms. The van der Waals surface area contributed by atoms with Gasteiger partial charge in [-0.2, -0.15) is 0 Å². The number of aromatic nitrogens is 1. The van der Waals surface area contributed by atoms with Crippen LogP contribution in [-0.4, -0.2) is 12.1 Å². The summed E-state index contributed by atoms with van der Waals surface area (Å²) in [5.41, 5.74) is 1.10. The molecule has 0 saturated carbocycles. The fourth-order valence-electron chi connectivity index (χ4n) is 1.94. The van der Waals surface area contributed by atoms with Crippen LogP contribution in [0.4, 0.5) is 0 Å². The third-order valence-corrected chi connectivity index (χ3v) is 4.07. The van der Waals surface area contributed by atoms with Gasteiger partial charge in [-0.25, -0.2) is 0 Å². The van der Waals surface area contributed by atoms with Crippen molar-refractivity contribution in [2.45, 2.75) is 6.92 Å². The van der Waals surface area contributed by atoms with Gasteiger partial charge >= 0.3 is 0 Å². The molecule has 2 nitrogen and oxygen atoms in total. The normalized spacial score (nSPS) is 11.1. The molecule has 0 saturated heterocycles. The topological polar surface area (TPSA) is 22.1 Å². The standard InChI is InChI=1S/C13H11NOS/c1-8-13-10(5-6-14-8)11-7-9(15-2)3-4-12(11)16-13/h3-7H,1-2H3. The van der Waals surface area contributed by atoms with Gasteiger partial charge in [0.25, 0.3) is 0 Å². The van der Waals surface area contributed by atoms with Crippen molar-refractivity contribution in [2.75, 3.05) is 7.11 Å². The SMILES string of the molecule is COc1ccc2sc3c(C)nccc3c2c1. The second-order valence-corrected chi connectivity index (χ2v) is 4.79. The maximum Gasteiger partial charge on any atom is 0.119 e. The number of hydrogen-bond donors (Lipinski definition) is 0. The molecule has 2 aromatic heterocycles. The predicted molar refractivity (Wildman–Crippen MR) is 68.4 cm³/mol. The molecule has 0 atom stereocenters. The lowest BCUT2D eigenvalue weighted by molar-refractivity contribution is 0.415. The molecular weight excluding hydrogens is 218 g/mol. The monoisotopic (exact) mass is 229 g/mol. The predicted octanol–water partition coefficient (Wildman–Crippen LogP) is 3.77. The summed E-state index contributed by atoms with van der Waals surface area (Å²) < 4.78 is 7.81. The van der Waals surface area contributed by atoms with Crippen molar-refractivity contribution in [3.63, 3.8) is 0 Å². The third kappa shape index (κ3) is 1.28. The Morgan fingerprint density at radius 1 is 1.19 bits per heavy atom. The number of methoxy groups -OCH3 is 1. The highest BCUT2D eigenvalue weighted by atomic mass is 32.1. The fourth-order valence-corrected chi connectivity index (χ4v) is 3.06. The quantitative estimate of drug-likeness (QED) is 0.633. The summed E-state index contributed by atoms with van der Waals surface area (Å²) in [5.74, 6) is 0.904. The van der Waals surface area contributed by atoms with Gasteiger partial charge in [0.15, 0.2) is 0 Å². The van der Waals surface area contributed by atoms with E-state index < -0.39 is 0 Å². The van der Waals surface area contributed by atoms with Gasteiger partial charge in [-0.15, -0.1) is 11.3 Å². The number of thiophene rings is 1. The summed E-state index contributed by atoms with van der Waals surface area (Å²) >= 11 is 1.79. The minimum absolute atomic E-state index is 0.904. The Balaban J connectivity index is 2.47. The van der Waals surface area contributed by atoms with E-state index >= 15 is 0 Å². The second kappa shape index (κ2) is 3.46. The summed E-state index contributed by atoms with van der Waals surface area (Å²) in [4.78, 5) is 4.32. The Labute approximate surface area is 97.5 Å². The first-order valence-corrected chi connectivity index (χ1v) is 5.93. The number of ether oxygens (including phenoxy) is 1. The van der Waals surface area contributed by atoms with Crippen LogP contribution in [0.1, 0.15) is 5.69 Å². The van der Waals surface area contributed by atoms with Gasteiger partial charge in [0, 0.05) is 21.7 Å². The number of rotatable bonds is 1. The minimum atomic E-state index is 0.904. The van der Waals surface area contributed by atoms with E-state index in [4.69, 9.17) is 4.74 Å². The molecule has 80 valence electrons. The Bertz CT molecular complexity index is 672. The van der Waals surface area contributed by atoms with Crippen LogP contribution in [0.2, 0.25) is 0 Å². The van der Waals surface area contributed by atoms with Crippen molar-refractivity contribution in [3.8, 4) is 5.75 Å². The van der Waals surface area contributed by atoms with Crippen LogP contribution in [0.25, 0.3) is 20.2 Å². The van der Waals surface area contributed by atoms with Gasteiger partial charge in [0.05, 0.1) is 17.5 Å². The molecule has 3 heteroatoms. The number of hydrogen-bond acceptors (Lipinski definition) is 3. The highest BCUT2D eigenvalue weighted by Gasteiger charge is 2.07. The fraction of sp³-hybridized carbons (Fsp3) is 0.154. The lowest BCUT2D eigenvalue weighted by atomic mass is 10.1. The van der Waals surface area contributed by atoms with E-state index in [2.05, 4.69) is 30.1 Å². The van der Waals surface area contributed by atoms with Gasteiger partial charge in [0.1, 0.15) is 5.75 Å². The van der Waals surface area contributed by atoms with Crippen LogP contribution in [-0.2, 0) is 0 Å². The molecule has 0 aliphatic carbocycles. The summed E-state index contributed by atoms with van der Waals surface area (Å²) in [5, 5.41) is 2.52. The molecule has 0 aliphatic rings. The van der Waals surface area contributed by atoms with E-state index in [1.54, 1.807) is 18.4 Å². The number of nitrogens with zero attached hydrogens (tertiary/aromatic N) is 1. The van der Waals surface area contributed by atoms with E-state index in [-0.39, 0.29) is 0 Å². The maximum absolute atomic E-state index is 5.26. The minimum Gasteiger partial charge on any atom is -0.497 e. The molecule has 3 rings (SSSR count). The number of pyridine rings is 1. The highest BCUT2D eigenvalue weighted by Crippen LogP contribution is 2.36. The molecule has 0 amide bonds. The molecule has 0 bridgehead atoms. The summed E-state index contributed by atoms with van der Waals surface area (Å²) in [6, 6.07) is 8.27. The molecule has 0 spiro atoms. The Morgan fingerprint density at radius 2 is 2.06 bits per heavy atom. The van der Waals surface area contributed by atoms with Crippen molar-refractivity contribution < 1.29 is 4.74 Å². The third-order valence-electron chi connectivity index (χ3n) is 2.77. The zero-order valence-electron chi connectivity index (χ0n) is 9.15. The van der Waals surface area contributed by atoms with Gasteiger partial charge in [-0.3, -0.25) is 4.98 Å². The number of aryl methyl sites for hydroxylation is 1. The summed E-state index contributed by atoms with van der Waals surface area (Å²) in [6.07, 6.45) is 1.86. The van der Waals surface area contributed by atoms with Crippen molar-refractivity contribution in [1.29, 1.82) is 0 Å². The average molecular weight is 229 g/mol. The van der Waals surface area contributed by atoms with Gasteiger partial charge < -0.3 is 4.74 Å². The van der Waals surface area contributed by atoms with Crippen LogP contribution < -0.4 is 4.74 Å². The zero-order chi connectivity index (χ0) is 11.1. The summed E-state index contributed by atoms with van der Waals surface area (Å²) in [7, 11) is 1.70. The molecule has 0 aliphatic heterocycles. The lowest BCUT2D eigenvalue weighted by Crippen LogP contribution is -1.81. The van der Waals surface area contributed by atoms with Crippen LogP contribution in [0.5, 0.6) is 5.75 Å². The van der Waals surface area contributed by atoms with Crippen LogP contribution in [0.15, 0.2) is 30.5 Å². The van der Waals surface area contributed by atoms with E-state index in [1.165, 1.54) is 20.2 Å². The first-order valence-electron chi connectivity index (χ1n) is 5.11. The second-order valence-electron chi connectivity index (χ2n) is 3.74. The van der Waals surface area contributed by atoms with E-state index in [9.17, 15) is 0 Å². The van der Waals surface area contributed by atoms with E-state index in [0.717, 1.165) is 11.4 Å². The molecule has 3 aromatic rings. The van der Waals surface area contributed by atoms with Crippen molar-refractivity contribution >= 4 is 31.5 Å². The number of benzene rings is 1. The average Bonchev–Trinajstić information content (AvgIpc) is 2.68. The smallest absolute Gasteiger partial charge is 0.119 e. The number of fused-ring (bicyclic) bond motifs is 3. The van der Waals surface area contributed by atoms with E-state index in [0.29, 0.717) is 0 Å². The van der Waals surface area contributed by atoms with Crippen LogP contribution >= 0.6 is 11.3 Å². The van der Waals surface area contributed by atoms with Crippen LogP contribution in [0.3, 0.4) is 0 Å². The lowest BCUT2D eigenvalue weighted by Gasteiger charge is -1.98. The van der Waals surface area contributed by atoms with Gasteiger partial charge in [-0.05, 0) is 31.2 Å². The van der Waals surface area contributed by atoms with Crippen LogP contribution in [0, 0.1) is 6.92 Å². The molecule has 0 fully saturated rings. The maximum atomic E-state index is 5.26. The Morgan fingerprint density at radius 3 is 2.88 bits per heavy atom. The molecular formula is C13H11NOS. The molecule has 0 unspecified atom stereocenters. The van der Waals surface area contributed by atoms with Crippen molar-refractivity contribution in [2.24, 2.45) is 0 Å². The zero-order valence-corrected chi connectivity index (χ0v) is 9.97. The highest BCUT2D eigenvalue weighted by molar-refractivity contribution is 7.26. The van der Waals surface area contributed by atoms with E-state index in [1.807, 2.05) is 12.3 Å². The first-order chi connectivity index (χ1) is 7.79. The largest absolute Gasteiger partial charge is 0.497 e. The van der Waals surface area contributed by atoms with Gasteiger partial charge in [-0.1, -0.05) is 0 Å².